The molecule has 0 N–H and O–H groups in total. The van der Waals surface area contributed by atoms with E-state index in [1.807, 2.05) is 48.5 Å². The summed E-state index contributed by atoms with van der Waals surface area (Å²) in [7, 11) is 0. The fourth-order valence-corrected chi connectivity index (χ4v) is 3.87. The summed E-state index contributed by atoms with van der Waals surface area (Å²) in [5.41, 5.74) is 4.28. The molecule has 0 bridgehead atoms. The largest absolute Gasteiger partial charge is 0.343 e. The highest BCUT2D eigenvalue weighted by molar-refractivity contribution is 9.10. The number of aromatic nitrogens is 1. The molecule has 3 aromatic carbocycles. The summed E-state index contributed by atoms with van der Waals surface area (Å²) in [5, 5.41) is 12.4. The van der Waals surface area contributed by atoms with Crippen LogP contribution in [0.4, 0.5) is 0 Å². The Morgan fingerprint density at radius 3 is 2.36 bits per heavy atom. The number of hydrogen-bond acceptors (Lipinski definition) is 2. The number of nitro groups is 1. The first kappa shape index (κ1) is 18.4. The van der Waals surface area contributed by atoms with E-state index in [0.717, 1.165) is 33.0 Å². The Labute approximate surface area is 171 Å². The summed E-state index contributed by atoms with van der Waals surface area (Å²) in [5.74, 6) is -0.273. The van der Waals surface area contributed by atoms with Crippen LogP contribution in [0.15, 0.2) is 89.5 Å². The van der Waals surface area contributed by atoms with Gasteiger partial charge in [0, 0.05) is 27.7 Å². The zero-order valence-corrected chi connectivity index (χ0v) is 16.7. The molecule has 0 radical (unpaired) electrons. The third-order valence-corrected chi connectivity index (χ3v) is 5.53. The van der Waals surface area contributed by atoms with Gasteiger partial charge in [-0.3, -0.25) is 10.1 Å². The van der Waals surface area contributed by atoms with Crippen molar-refractivity contribution in [2.45, 2.75) is 12.5 Å². The molecule has 28 heavy (non-hydrogen) atoms. The monoisotopic (exact) mass is 434 g/mol. The molecule has 0 spiro atoms. The van der Waals surface area contributed by atoms with Crippen LogP contribution in [0, 0.1) is 10.1 Å². The molecule has 140 valence electrons. The minimum absolute atomic E-state index is 0.127. The van der Waals surface area contributed by atoms with E-state index < -0.39 is 0 Å². The van der Waals surface area contributed by atoms with E-state index in [2.05, 4.69) is 57.0 Å². The molecule has 0 aliphatic rings. The number of benzene rings is 3. The third kappa shape index (κ3) is 3.99. The molecule has 0 saturated carbocycles. The van der Waals surface area contributed by atoms with Crippen molar-refractivity contribution < 1.29 is 4.92 Å². The van der Waals surface area contributed by atoms with Crippen LogP contribution in [0.1, 0.15) is 22.6 Å². The number of halogens is 1. The highest BCUT2D eigenvalue weighted by atomic mass is 79.9. The Morgan fingerprint density at radius 1 is 0.929 bits per heavy atom. The van der Waals surface area contributed by atoms with Crippen LogP contribution < -0.4 is 0 Å². The molecular weight excluding hydrogens is 416 g/mol. The van der Waals surface area contributed by atoms with E-state index >= 15 is 0 Å². The van der Waals surface area contributed by atoms with Crippen molar-refractivity contribution in [3.05, 3.63) is 116 Å². The lowest BCUT2D eigenvalue weighted by molar-refractivity contribution is -0.481. The third-order valence-electron chi connectivity index (χ3n) is 5.00. The van der Waals surface area contributed by atoms with Gasteiger partial charge in [-0.25, -0.2) is 0 Å². The van der Waals surface area contributed by atoms with Gasteiger partial charge in [0.15, 0.2) is 0 Å². The second-order valence-electron chi connectivity index (χ2n) is 6.87. The van der Waals surface area contributed by atoms with Crippen LogP contribution >= 0.6 is 15.9 Å². The van der Waals surface area contributed by atoms with Gasteiger partial charge in [0.25, 0.3) is 0 Å². The molecule has 0 saturated heterocycles. The Morgan fingerprint density at radius 2 is 1.64 bits per heavy atom. The van der Waals surface area contributed by atoms with E-state index in [4.69, 9.17) is 0 Å². The predicted molar refractivity (Wildman–Crippen MR) is 115 cm³/mol. The van der Waals surface area contributed by atoms with E-state index in [-0.39, 0.29) is 17.4 Å². The molecule has 1 heterocycles. The van der Waals surface area contributed by atoms with Gasteiger partial charge in [0.05, 0.1) is 5.92 Å². The first-order valence-corrected chi connectivity index (χ1v) is 9.89. The van der Waals surface area contributed by atoms with Gasteiger partial charge in [0.1, 0.15) is 0 Å². The Kier molecular flexibility index (Phi) is 5.26. The van der Waals surface area contributed by atoms with Gasteiger partial charge < -0.3 is 4.57 Å². The molecule has 0 aliphatic carbocycles. The van der Waals surface area contributed by atoms with Crippen molar-refractivity contribution in [2.24, 2.45) is 0 Å². The van der Waals surface area contributed by atoms with E-state index in [9.17, 15) is 10.1 Å². The van der Waals surface area contributed by atoms with Crippen molar-refractivity contribution in [3.63, 3.8) is 0 Å². The zero-order valence-electron chi connectivity index (χ0n) is 15.2. The maximum absolute atomic E-state index is 11.3. The number of rotatable bonds is 6. The average molecular weight is 435 g/mol. The van der Waals surface area contributed by atoms with Crippen LogP contribution in [0.2, 0.25) is 0 Å². The average Bonchev–Trinajstić information content (AvgIpc) is 3.09. The minimum Gasteiger partial charge on any atom is -0.343 e. The second kappa shape index (κ2) is 7.98. The van der Waals surface area contributed by atoms with Gasteiger partial charge in [-0.2, -0.15) is 0 Å². The fraction of sp³-hybridized carbons (Fsp3) is 0.130. The standard InChI is InChI=1S/C23H19BrN2O2/c24-21-9-6-18(7-10-21)22(16-26(27)28)19-8-11-23-20(14-19)12-13-25(23)15-17-4-2-1-3-5-17/h1-14,22H,15-16H2. The SMILES string of the molecule is O=[N+]([O-])CC(c1ccc(Br)cc1)c1ccc2c(ccn2Cc2ccccc2)c1. The topological polar surface area (TPSA) is 48.1 Å². The van der Waals surface area contributed by atoms with Crippen molar-refractivity contribution >= 4 is 26.8 Å². The van der Waals surface area contributed by atoms with Crippen LogP contribution in [0.3, 0.4) is 0 Å². The molecule has 0 aliphatic heterocycles. The normalized spacial score (nSPS) is 12.2. The first-order valence-electron chi connectivity index (χ1n) is 9.10. The van der Waals surface area contributed by atoms with Crippen LogP contribution in [0.25, 0.3) is 10.9 Å². The van der Waals surface area contributed by atoms with Gasteiger partial charge >= 0.3 is 0 Å². The van der Waals surface area contributed by atoms with Crippen molar-refractivity contribution in [1.29, 1.82) is 0 Å². The molecule has 4 aromatic rings. The molecule has 0 fully saturated rings. The quantitative estimate of drug-likeness (QED) is 0.281. The number of fused-ring (bicyclic) bond motifs is 1. The lowest BCUT2D eigenvalue weighted by Crippen LogP contribution is -2.14. The molecule has 4 rings (SSSR count). The summed E-state index contributed by atoms with van der Waals surface area (Å²) in [6.07, 6.45) is 2.07. The van der Waals surface area contributed by atoms with Gasteiger partial charge in [0.2, 0.25) is 6.54 Å². The van der Waals surface area contributed by atoms with Crippen LogP contribution in [0.5, 0.6) is 0 Å². The Bertz CT molecular complexity index is 1100. The highest BCUT2D eigenvalue weighted by Gasteiger charge is 2.21. The highest BCUT2D eigenvalue weighted by Crippen LogP contribution is 2.29. The molecule has 0 amide bonds. The summed E-state index contributed by atoms with van der Waals surface area (Å²) < 4.78 is 3.17. The number of nitrogens with zero attached hydrogens (tertiary/aromatic N) is 2. The Hall–Kier alpha value is -2.92. The summed E-state index contributed by atoms with van der Waals surface area (Å²) in [6, 6.07) is 26.3. The second-order valence-corrected chi connectivity index (χ2v) is 7.78. The lowest BCUT2D eigenvalue weighted by atomic mass is 9.91. The smallest absolute Gasteiger partial charge is 0.214 e. The van der Waals surface area contributed by atoms with Gasteiger partial charge in [-0.15, -0.1) is 0 Å². The summed E-state index contributed by atoms with van der Waals surface area (Å²) in [6.45, 7) is 0.673. The van der Waals surface area contributed by atoms with E-state index in [1.54, 1.807) is 0 Å². The van der Waals surface area contributed by atoms with Crippen LogP contribution in [-0.4, -0.2) is 16.0 Å². The molecule has 5 heteroatoms. The van der Waals surface area contributed by atoms with Gasteiger partial charge in [-0.05, 0) is 52.4 Å². The summed E-state index contributed by atoms with van der Waals surface area (Å²) in [4.78, 5) is 11.0. The fourth-order valence-electron chi connectivity index (χ4n) is 3.60. The van der Waals surface area contributed by atoms with Crippen molar-refractivity contribution in [1.82, 2.24) is 4.57 Å². The summed E-state index contributed by atoms with van der Waals surface area (Å²) >= 11 is 3.43. The zero-order chi connectivity index (χ0) is 19.5. The number of hydrogen-bond donors (Lipinski definition) is 0. The molecule has 1 aromatic heterocycles. The lowest BCUT2D eigenvalue weighted by Gasteiger charge is -2.15. The molecular formula is C23H19BrN2O2. The maximum Gasteiger partial charge on any atom is 0.214 e. The van der Waals surface area contributed by atoms with Gasteiger partial charge in [-0.1, -0.05) is 64.5 Å². The Balaban J connectivity index is 1.69. The molecule has 1 atom stereocenters. The van der Waals surface area contributed by atoms with Crippen molar-refractivity contribution in [3.8, 4) is 0 Å². The van der Waals surface area contributed by atoms with E-state index in [0.29, 0.717) is 0 Å². The van der Waals surface area contributed by atoms with Crippen LogP contribution in [-0.2, 0) is 6.54 Å². The molecule has 4 nitrogen and oxygen atoms in total. The first-order chi connectivity index (χ1) is 13.6. The predicted octanol–water partition coefficient (Wildman–Crippen LogP) is 5.86. The maximum atomic E-state index is 11.3. The molecule has 1 unspecified atom stereocenters. The van der Waals surface area contributed by atoms with Crippen molar-refractivity contribution in [2.75, 3.05) is 6.54 Å². The minimum atomic E-state index is -0.273. The van der Waals surface area contributed by atoms with E-state index in [1.165, 1.54) is 5.56 Å².